The SMILES string of the molecule is COC(Sc1ccccc1)C(CC(C)C)OC/C=C(/O[Si](C)(C)C(C)(C)C)C(C)(C)C. The van der Waals surface area contributed by atoms with Crippen LogP contribution in [0.2, 0.25) is 18.1 Å². The van der Waals surface area contributed by atoms with Gasteiger partial charge in [0.1, 0.15) is 5.44 Å². The first-order chi connectivity index (χ1) is 14.2. The van der Waals surface area contributed by atoms with Crippen LogP contribution in [0.25, 0.3) is 0 Å². The van der Waals surface area contributed by atoms with E-state index in [2.05, 4.69) is 98.8 Å². The Balaban J connectivity index is 2.98. The highest BCUT2D eigenvalue weighted by molar-refractivity contribution is 7.99. The fourth-order valence-corrected chi connectivity index (χ4v) is 5.07. The Labute approximate surface area is 197 Å². The molecule has 3 nitrogen and oxygen atoms in total. The molecule has 0 radical (unpaired) electrons. The fourth-order valence-electron chi connectivity index (χ4n) is 2.81. The van der Waals surface area contributed by atoms with Crippen LogP contribution < -0.4 is 0 Å². The normalized spacial score (nSPS) is 15.8. The fraction of sp³-hybridized carbons (Fsp3) is 0.692. The van der Waals surface area contributed by atoms with Gasteiger partial charge in [0.05, 0.1) is 18.5 Å². The third kappa shape index (κ3) is 9.73. The summed E-state index contributed by atoms with van der Waals surface area (Å²) in [4.78, 5) is 1.19. The molecule has 5 heteroatoms. The minimum Gasteiger partial charge on any atom is -0.546 e. The minimum atomic E-state index is -1.91. The molecule has 0 saturated heterocycles. The van der Waals surface area contributed by atoms with Crippen molar-refractivity contribution in [3.05, 3.63) is 42.2 Å². The number of hydrogen-bond acceptors (Lipinski definition) is 4. The standard InChI is InChI=1S/C26H46O3SSi/c1-20(2)19-22(24(27-9)30-21-15-13-12-14-16-21)28-18-17-23(25(3,4)5)29-31(10,11)26(6,7)8/h12-17,20,22,24H,18-19H2,1-11H3/b23-17+. The lowest BCUT2D eigenvalue weighted by Crippen LogP contribution is -2.42. The number of allylic oxidation sites excluding steroid dienone is 1. The predicted molar refractivity (Wildman–Crippen MR) is 138 cm³/mol. The summed E-state index contributed by atoms with van der Waals surface area (Å²) in [6.07, 6.45) is 3.09. The van der Waals surface area contributed by atoms with E-state index in [0.29, 0.717) is 12.5 Å². The lowest BCUT2D eigenvalue weighted by molar-refractivity contribution is -0.0172. The van der Waals surface area contributed by atoms with Crippen LogP contribution in [0.1, 0.15) is 61.8 Å². The molecule has 0 fully saturated rings. The third-order valence-electron chi connectivity index (χ3n) is 5.72. The molecule has 0 aliphatic carbocycles. The molecule has 0 N–H and O–H groups in total. The highest BCUT2D eigenvalue weighted by Crippen LogP contribution is 2.41. The summed E-state index contributed by atoms with van der Waals surface area (Å²) in [5.74, 6) is 1.56. The molecule has 1 aromatic rings. The van der Waals surface area contributed by atoms with Gasteiger partial charge >= 0.3 is 0 Å². The number of benzene rings is 1. The van der Waals surface area contributed by atoms with Crippen molar-refractivity contribution >= 4 is 20.1 Å². The molecule has 0 heterocycles. The molecule has 0 amide bonds. The van der Waals surface area contributed by atoms with Gasteiger partial charge in [-0.25, -0.2) is 0 Å². The second-order valence-corrected chi connectivity index (χ2v) is 17.1. The first kappa shape index (κ1) is 28.3. The van der Waals surface area contributed by atoms with E-state index in [4.69, 9.17) is 13.9 Å². The van der Waals surface area contributed by atoms with E-state index in [0.717, 1.165) is 12.2 Å². The molecule has 1 rings (SSSR count). The Morgan fingerprint density at radius 3 is 2.06 bits per heavy atom. The zero-order chi connectivity index (χ0) is 23.9. The first-order valence-electron chi connectivity index (χ1n) is 11.4. The highest BCUT2D eigenvalue weighted by atomic mass is 32.2. The van der Waals surface area contributed by atoms with Gasteiger partial charge in [-0.3, -0.25) is 0 Å². The van der Waals surface area contributed by atoms with E-state index >= 15 is 0 Å². The van der Waals surface area contributed by atoms with E-state index in [9.17, 15) is 0 Å². The monoisotopic (exact) mass is 466 g/mol. The first-order valence-corrected chi connectivity index (χ1v) is 15.2. The largest absolute Gasteiger partial charge is 0.546 e. The van der Waals surface area contributed by atoms with E-state index in [-0.39, 0.29) is 22.0 Å². The van der Waals surface area contributed by atoms with Crippen molar-refractivity contribution in [2.75, 3.05) is 13.7 Å². The summed E-state index contributed by atoms with van der Waals surface area (Å²) in [5, 5.41) is 0.159. The number of hydrogen-bond donors (Lipinski definition) is 0. The van der Waals surface area contributed by atoms with Crippen molar-refractivity contribution in [2.45, 2.75) is 96.4 Å². The van der Waals surface area contributed by atoms with Crippen molar-refractivity contribution in [2.24, 2.45) is 11.3 Å². The van der Waals surface area contributed by atoms with Crippen LogP contribution in [-0.2, 0) is 13.9 Å². The maximum absolute atomic E-state index is 6.70. The third-order valence-corrected chi connectivity index (χ3v) is 11.3. The van der Waals surface area contributed by atoms with Gasteiger partial charge in [-0.15, -0.1) is 0 Å². The van der Waals surface area contributed by atoms with E-state index in [1.165, 1.54) is 4.90 Å². The molecule has 0 spiro atoms. The molecule has 0 aliphatic rings. The summed E-state index contributed by atoms with van der Waals surface area (Å²) < 4.78 is 19.0. The number of methoxy groups -OCH3 is 1. The average molecular weight is 467 g/mol. The lowest BCUT2D eigenvalue weighted by atomic mass is 9.94. The van der Waals surface area contributed by atoms with Crippen LogP contribution in [0.3, 0.4) is 0 Å². The van der Waals surface area contributed by atoms with Crippen molar-refractivity contribution in [3.63, 3.8) is 0 Å². The molecule has 0 saturated carbocycles. The second kappa shape index (κ2) is 11.9. The number of thioether (sulfide) groups is 1. The molecule has 1 aromatic carbocycles. The smallest absolute Gasteiger partial charge is 0.250 e. The van der Waals surface area contributed by atoms with Crippen LogP contribution >= 0.6 is 11.8 Å². The van der Waals surface area contributed by atoms with Gasteiger partial charge in [0.25, 0.3) is 0 Å². The van der Waals surface area contributed by atoms with Gasteiger partial charge < -0.3 is 13.9 Å². The van der Waals surface area contributed by atoms with Crippen molar-refractivity contribution in [3.8, 4) is 0 Å². The van der Waals surface area contributed by atoms with Crippen LogP contribution in [0.5, 0.6) is 0 Å². The average Bonchev–Trinajstić information content (AvgIpc) is 2.63. The second-order valence-electron chi connectivity index (χ2n) is 11.2. The maximum atomic E-state index is 6.70. The summed E-state index contributed by atoms with van der Waals surface area (Å²) in [6, 6.07) is 10.4. The summed E-state index contributed by atoms with van der Waals surface area (Å²) in [5.41, 5.74) is -0.121. The van der Waals surface area contributed by atoms with Crippen LogP contribution in [0.15, 0.2) is 47.1 Å². The zero-order valence-corrected chi connectivity index (χ0v) is 23.6. The molecule has 0 aliphatic heterocycles. The molecule has 31 heavy (non-hydrogen) atoms. The zero-order valence-electron chi connectivity index (χ0n) is 21.7. The summed E-state index contributed by atoms with van der Waals surface area (Å²) >= 11 is 1.72. The van der Waals surface area contributed by atoms with E-state index in [1.54, 1.807) is 18.9 Å². The summed E-state index contributed by atoms with van der Waals surface area (Å²) in [6.45, 7) is 23.0. The Hall–Kier alpha value is -0.753. The Bertz CT molecular complexity index is 672. The quantitative estimate of drug-likeness (QED) is 0.142. The Kier molecular flexibility index (Phi) is 10.9. The van der Waals surface area contributed by atoms with Gasteiger partial charge in [0, 0.05) is 17.4 Å². The van der Waals surface area contributed by atoms with Gasteiger partial charge in [0.2, 0.25) is 8.32 Å². The molecule has 0 bridgehead atoms. The van der Waals surface area contributed by atoms with Crippen molar-refractivity contribution < 1.29 is 13.9 Å². The van der Waals surface area contributed by atoms with Crippen LogP contribution in [0, 0.1) is 11.3 Å². The molecule has 0 aromatic heterocycles. The lowest BCUT2D eigenvalue weighted by Gasteiger charge is -2.40. The van der Waals surface area contributed by atoms with E-state index < -0.39 is 8.32 Å². The van der Waals surface area contributed by atoms with Crippen molar-refractivity contribution in [1.29, 1.82) is 0 Å². The molecular weight excluding hydrogens is 420 g/mol. The Morgan fingerprint density at radius 2 is 1.61 bits per heavy atom. The highest BCUT2D eigenvalue weighted by Gasteiger charge is 2.40. The topological polar surface area (TPSA) is 27.7 Å². The Morgan fingerprint density at radius 1 is 1.03 bits per heavy atom. The minimum absolute atomic E-state index is 0.000505. The molecular formula is C26H46O3SSi. The van der Waals surface area contributed by atoms with Gasteiger partial charge in [-0.2, -0.15) is 0 Å². The van der Waals surface area contributed by atoms with Gasteiger partial charge in [-0.1, -0.05) is 85.4 Å². The number of rotatable bonds is 11. The van der Waals surface area contributed by atoms with Crippen molar-refractivity contribution in [1.82, 2.24) is 0 Å². The molecule has 2 unspecified atom stereocenters. The van der Waals surface area contributed by atoms with E-state index in [1.807, 2.05) is 6.07 Å². The predicted octanol–water partition coefficient (Wildman–Crippen LogP) is 8.13. The molecule has 178 valence electrons. The summed E-state index contributed by atoms with van der Waals surface area (Å²) in [7, 11) is -0.141. The van der Waals surface area contributed by atoms with Crippen LogP contribution in [0.4, 0.5) is 0 Å². The number of ether oxygens (including phenoxy) is 2. The van der Waals surface area contributed by atoms with Gasteiger partial charge in [-0.05, 0) is 48.7 Å². The van der Waals surface area contributed by atoms with Gasteiger partial charge in [0.15, 0.2) is 0 Å². The molecule has 2 atom stereocenters. The maximum Gasteiger partial charge on any atom is 0.250 e. The van der Waals surface area contributed by atoms with Crippen LogP contribution in [-0.4, -0.2) is 33.6 Å².